The normalized spacial score (nSPS) is 15.3. The molecule has 0 N–H and O–H groups in total. The van der Waals surface area contributed by atoms with Crippen molar-refractivity contribution in [3.8, 4) is 22.9 Å². The van der Waals surface area contributed by atoms with E-state index in [0.717, 1.165) is 49.6 Å². The second-order valence-electron chi connectivity index (χ2n) is 7.26. The molecule has 0 saturated carbocycles. The minimum absolute atomic E-state index is 0.275. The van der Waals surface area contributed by atoms with Crippen LogP contribution in [0.4, 0.5) is 4.39 Å². The fourth-order valence-corrected chi connectivity index (χ4v) is 3.54. The molecule has 0 atom stereocenters. The van der Waals surface area contributed by atoms with Gasteiger partial charge >= 0.3 is 0 Å². The van der Waals surface area contributed by atoms with Crippen LogP contribution in [0.25, 0.3) is 11.4 Å². The maximum atomic E-state index is 13.9. The van der Waals surface area contributed by atoms with E-state index in [1.165, 1.54) is 7.11 Å². The Kier molecular flexibility index (Phi) is 6.25. The first-order chi connectivity index (χ1) is 14.6. The summed E-state index contributed by atoms with van der Waals surface area (Å²) in [6.07, 6.45) is 0. The summed E-state index contributed by atoms with van der Waals surface area (Å²) in [4.78, 5) is 9.12. The maximum Gasteiger partial charge on any atom is 0.241 e. The van der Waals surface area contributed by atoms with Gasteiger partial charge in [0, 0.05) is 38.3 Å². The highest BCUT2D eigenvalue weighted by Gasteiger charge is 2.20. The number of aromatic nitrogens is 2. The van der Waals surface area contributed by atoms with Crippen molar-refractivity contribution in [2.24, 2.45) is 0 Å². The summed E-state index contributed by atoms with van der Waals surface area (Å²) in [6.45, 7) is 4.91. The number of methoxy groups -OCH3 is 2. The lowest BCUT2D eigenvalue weighted by atomic mass is 10.2. The molecule has 0 spiro atoms. The van der Waals surface area contributed by atoms with Gasteiger partial charge in [0.25, 0.3) is 0 Å². The van der Waals surface area contributed by atoms with Crippen molar-refractivity contribution in [1.29, 1.82) is 0 Å². The molecule has 1 aliphatic rings. The molecule has 1 aromatic heterocycles. The van der Waals surface area contributed by atoms with Crippen LogP contribution >= 0.6 is 0 Å². The quantitative estimate of drug-likeness (QED) is 0.590. The van der Waals surface area contributed by atoms with Crippen molar-refractivity contribution in [1.82, 2.24) is 19.9 Å². The summed E-state index contributed by atoms with van der Waals surface area (Å²) in [5.41, 5.74) is 1.84. The van der Waals surface area contributed by atoms with Crippen LogP contribution in [-0.4, -0.2) is 60.3 Å². The predicted molar refractivity (Wildman–Crippen MR) is 110 cm³/mol. The van der Waals surface area contributed by atoms with Crippen molar-refractivity contribution in [3.05, 3.63) is 59.7 Å². The Morgan fingerprint density at radius 2 is 1.63 bits per heavy atom. The molecule has 0 aliphatic carbocycles. The van der Waals surface area contributed by atoms with Crippen molar-refractivity contribution in [3.63, 3.8) is 0 Å². The van der Waals surface area contributed by atoms with E-state index in [-0.39, 0.29) is 11.6 Å². The van der Waals surface area contributed by atoms with E-state index in [1.807, 2.05) is 30.3 Å². The first-order valence-electron chi connectivity index (χ1n) is 9.89. The van der Waals surface area contributed by atoms with Gasteiger partial charge in [0.1, 0.15) is 5.75 Å². The van der Waals surface area contributed by atoms with Gasteiger partial charge in [0.15, 0.2) is 11.6 Å². The Bertz CT molecular complexity index is 969. The number of piperazine rings is 1. The number of nitrogens with zero attached hydrogens (tertiary/aromatic N) is 4. The molecule has 7 nitrogen and oxygen atoms in total. The van der Waals surface area contributed by atoms with E-state index in [9.17, 15) is 4.39 Å². The van der Waals surface area contributed by atoms with E-state index >= 15 is 0 Å². The Labute approximate surface area is 175 Å². The molecule has 1 fully saturated rings. The average Bonchev–Trinajstić information content (AvgIpc) is 3.24. The molecular weight excluding hydrogens is 387 g/mol. The van der Waals surface area contributed by atoms with Gasteiger partial charge in [-0.3, -0.25) is 9.80 Å². The lowest BCUT2D eigenvalue weighted by molar-refractivity contribution is 0.112. The molecule has 158 valence electrons. The minimum Gasteiger partial charge on any atom is -0.497 e. The van der Waals surface area contributed by atoms with E-state index in [2.05, 4.69) is 19.9 Å². The summed E-state index contributed by atoms with van der Waals surface area (Å²) in [6, 6.07) is 12.7. The van der Waals surface area contributed by atoms with Crippen LogP contribution in [0, 0.1) is 5.82 Å². The molecule has 8 heteroatoms. The third-order valence-electron chi connectivity index (χ3n) is 5.26. The second-order valence-corrected chi connectivity index (χ2v) is 7.26. The maximum absolute atomic E-state index is 13.9. The summed E-state index contributed by atoms with van der Waals surface area (Å²) in [7, 11) is 3.11. The van der Waals surface area contributed by atoms with Gasteiger partial charge in [-0.1, -0.05) is 11.2 Å². The van der Waals surface area contributed by atoms with Crippen LogP contribution in [0.3, 0.4) is 0 Å². The third-order valence-corrected chi connectivity index (χ3v) is 5.26. The fourth-order valence-electron chi connectivity index (χ4n) is 3.54. The summed E-state index contributed by atoms with van der Waals surface area (Å²) in [5, 5.41) is 4.09. The van der Waals surface area contributed by atoms with Gasteiger partial charge in [-0.2, -0.15) is 4.98 Å². The molecule has 0 radical (unpaired) electrons. The van der Waals surface area contributed by atoms with Gasteiger partial charge in [0.2, 0.25) is 11.7 Å². The Morgan fingerprint density at radius 1 is 0.933 bits per heavy atom. The van der Waals surface area contributed by atoms with Crippen LogP contribution in [-0.2, 0) is 13.1 Å². The number of rotatable bonds is 7. The Morgan fingerprint density at radius 3 is 2.27 bits per heavy atom. The zero-order chi connectivity index (χ0) is 20.9. The zero-order valence-electron chi connectivity index (χ0n) is 17.2. The third kappa shape index (κ3) is 4.77. The first-order valence-corrected chi connectivity index (χ1v) is 9.89. The van der Waals surface area contributed by atoms with Crippen molar-refractivity contribution in [2.45, 2.75) is 13.1 Å². The van der Waals surface area contributed by atoms with E-state index in [4.69, 9.17) is 14.0 Å². The van der Waals surface area contributed by atoms with E-state index in [1.54, 1.807) is 19.2 Å². The highest BCUT2D eigenvalue weighted by Crippen LogP contribution is 2.21. The standard InChI is InChI=1S/C22H25FN4O3/c1-28-18-6-4-17(5-7-18)22-24-21(30-25-22)15-27-11-9-26(10-12-27)14-16-3-8-20(29-2)19(23)13-16/h3-8,13H,9-12,14-15H2,1-2H3. The van der Waals surface area contributed by atoms with E-state index in [0.29, 0.717) is 18.3 Å². The fraction of sp³-hybridized carbons (Fsp3) is 0.364. The summed E-state index contributed by atoms with van der Waals surface area (Å²) < 4.78 is 29.5. The van der Waals surface area contributed by atoms with Crippen LogP contribution in [0.1, 0.15) is 11.5 Å². The molecule has 3 aromatic rings. The Hall–Kier alpha value is -2.97. The van der Waals surface area contributed by atoms with Crippen molar-refractivity contribution >= 4 is 0 Å². The average molecular weight is 412 g/mol. The Balaban J connectivity index is 1.28. The van der Waals surface area contributed by atoms with Crippen molar-refractivity contribution in [2.75, 3.05) is 40.4 Å². The molecule has 30 heavy (non-hydrogen) atoms. The lowest BCUT2D eigenvalue weighted by Crippen LogP contribution is -2.45. The molecule has 0 amide bonds. The number of hydrogen-bond donors (Lipinski definition) is 0. The molecule has 1 aliphatic heterocycles. The summed E-state index contributed by atoms with van der Waals surface area (Å²) in [5.74, 6) is 1.92. The molecule has 0 unspecified atom stereocenters. The second kappa shape index (κ2) is 9.23. The number of hydrogen-bond acceptors (Lipinski definition) is 7. The monoisotopic (exact) mass is 412 g/mol. The molecule has 2 aromatic carbocycles. The van der Waals surface area contributed by atoms with Crippen LogP contribution in [0.2, 0.25) is 0 Å². The van der Waals surface area contributed by atoms with Gasteiger partial charge in [-0.05, 0) is 42.0 Å². The molecule has 4 rings (SSSR count). The first kappa shape index (κ1) is 20.3. The van der Waals surface area contributed by atoms with Crippen molar-refractivity contribution < 1.29 is 18.4 Å². The summed E-state index contributed by atoms with van der Waals surface area (Å²) >= 11 is 0. The number of benzene rings is 2. The van der Waals surface area contributed by atoms with Crippen LogP contribution < -0.4 is 9.47 Å². The predicted octanol–water partition coefficient (Wildman–Crippen LogP) is 3.21. The highest BCUT2D eigenvalue weighted by molar-refractivity contribution is 5.55. The van der Waals surface area contributed by atoms with Crippen LogP contribution in [0.5, 0.6) is 11.5 Å². The number of ether oxygens (including phenoxy) is 2. The zero-order valence-corrected chi connectivity index (χ0v) is 17.2. The molecular formula is C22H25FN4O3. The van der Waals surface area contributed by atoms with Crippen LogP contribution in [0.15, 0.2) is 47.0 Å². The smallest absolute Gasteiger partial charge is 0.241 e. The van der Waals surface area contributed by atoms with E-state index < -0.39 is 0 Å². The van der Waals surface area contributed by atoms with Gasteiger partial charge in [0.05, 0.1) is 20.8 Å². The largest absolute Gasteiger partial charge is 0.497 e. The minimum atomic E-state index is -0.322. The molecule has 0 bridgehead atoms. The topological polar surface area (TPSA) is 63.9 Å². The van der Waals surface area contributed by atoms with Gasteiger partial charge in [-0.25, -0.2) is 4.39 Å². The van der Waals surface area contributed by atoms with Gasteiger partial charge in [-0.15, -0.1) is 0 Å². The molecule has 2 heterocycles. The van der Waals surface area contributed by atoms with Gasteiger partial charge < -0.3 is 14.0 Å². The number of halogens is 1. The SMILES string of the molecule is COc1ccc(-c2noc(CN3CCN(Cc4ccc(OC)c(F)c4)CC3)n2)cc1. The molecule has 1 saturated heterocycles. The lowest BCUT2D eigenvalue weighted by Gasteiger charge is -2.33. The highest BCUT2D eigenvalue weighted by atomic mass is 19.1.